The van der Waals surface area contributed by atoms with E-state index in [2.05, 4.69) is 11.9 Å². The number of amides is 1. The number of benzene rings is 3. The van der Waals surface area contributed by atoms with Crippen LogP contribution in [0.15, 0.2) is 65.7 Å². The summed E-state index contributed by atoms with van der Waals surface area (Å²) in [4.78, 5) is 21.4. The van der Waals surface area contributed by atoms with E-state index >= 15 is 0 Å². The number of rotatable bonds is 7. The standard InChI is InChI=1S/C27H30FN3O/c1-6-30(4)18-29-26-15-19(2)24(14-20(26)3)27(32)31(5)17-21-10-9-11-22(16-21)23-12-7-8-13-25(23)28/h7-16,18H,6,17H2,1-5H3. The lowest BCUT2D eigenvalue weighted by molar-refractivity contribution is 0.0784. The Morgan fingerprint density at radius 2 is 1.75 bits per heavy atom. The maximum Gasteiger partial charge on any atom is 0.254 e. The number of aliphatic imine (C=N–C) groups is 1. The lowest BCUT2D eigenvalue weighted by atomic mass is 10.0. The minimum Gasteiger partial charge on any atom is -0.366 e. The molecule has 0 saturated heterocycles. The third kappa shape index (κ3) is 5.41. The van der Waals surface area contributed by atoms with Gasteiger partial charge in [0.1, 0.15) is 5.82 Å². The lowest BCUT2D eigenvalue weighted by Crippen LogP contribution is -2.27. The van der Waals surface area contributed by atoms with E-state index in [9.17, 15) is 9.18 Å². The first-order valence-electron chi connectivity index (χ1n) is 10.7. The fraction of sp³-hybridized carbons (Fsp3) is 0.259. The van der Waals surface area contributed by atoms with Crippen molar-refractivity contribution in [3.63, 3.8) is 0 Å². The lowest BCUT2D eigenvalue weighted by Gasteiger charge is -2.20. The zero-order chi connectivity index (χ0) is 23.3. The third-order valence-electron chi connectivity index (χ3n) is 5.54. The van der Waals surface area contributed by atoms with Crippen molar-refractivity contribution in [1.29, 1.82) is 0 Å². The number of hydrogen-bond donors (Lipinski definition) is 0. The molecule has 0 saturated carbocycles. The molecule has 0 heterocycles. The first-order chi connectivity index (χ1) is 15.3. The Hall–Kier alpha value is -3.47. The van der Waals surface area contributed by atoms with Gasteiger partial charge in [-0.1, -0.05) is 36.4 Å². The molecule has 32 heavy (non-hydrogen) atoms. The van der Waals surface area contributed by atoms with Crippen molar-refractivity contribution >= 4 is 17.9 Å². The summed E-state index contributed by atoms with van der Waals surface area (Å²) in [5.41, 5.74) is 5.67. The van der Waals surface area contributed by atoms with E-state index in [-0.39, 0.29) is 11.7 Å². The smallest absolute Gasteiger partial charge is 0.254 e. The van der Waals surface area contributed by atoms with Gasteiger partial charge in [0.25, 0.3) is 5.91 Å². The van der Waals surface area contributed by atoms with Gasteiger partial charge in [-0.3, -0.25) is 4.79 Å². The highest BCUT2D eigenvalue weighted by Gasteiger charge is 2.17. The Labute approximate surface area is 190 Å². The van der Waals surface area contributed by atoms with Gasteiger partial charge in [0, 0.05) is 38.3 Å². The Kier molecular flexibility index (Phi) is 7.41. The Bertz CT molecular complexity index is 1140. The summed E-state index contributed by atoms with van der Waals surface area (Å²) >= 11 is 0. The maximum absolute atomic E-state index is 14.2. The molecule has 0 N–H and O–H groups in total. The molecule has 166 valence electrons. The normalized spacial score (nSPS) is 11.1. The fourth-order valence-electron chi connectivity index (χ4n) is 3.50. The van der Waals surface area contributed by atoms with E-state index in [0.29, 0.717) is 17.7 Å². The molecular weight excluding hydrogens is 401 g/mol. The monoisotopic (exact) mass is 431 g/mol. The number of nitrogens with zero attached hydrogens (tertiary/aromatic N) is 3. The molecule has 3 aromatic carbocycles. The van der Waals surface area contributed by atoms with E-state index < -0.39 is 0 Å². The molecule has 4 nitrogen and oxygen atoms in total. The van der Waals surface area contributed by atoms with Crippen LogP contribution >= 0.6 is 0 Å². The van der Waals surface area contributed by atoms with Crippen LogP contribution in [0.1, 0.15) is 34.0 Å². The third-order valence-corrected chi connectivity index (χ3v) is 5.54. The summed E-state index contributed by atoms with van der Waals surface area (Å²) in [7, 11) is 3.76. The summed E-state index contributed by atoms with van der Waals surface area (Å²) in [5, 5.41) is 0. The number of halogens is 1. The Balaban J connectivity index is 1.79. The highest BCUT2D eigenvalue weighted by molar-refractivity contribution is 5.96. The van der Waals surface area contributed by atoms with Crippen LogP contribution in [0, 0.1) is 19.7 Å². The molecule has 3 rings (SSSR count). The second-order valence-electron chi connectivity index (χ2n) is 8.11. The van der Waals surface area contributed by atoms with Gasteiger partial charge < -0.3 is 9.80 Å². The van der Waals surface area contributed by atoms with Crippen molar-refractivity contribution in [2.45, 2.75) is 27.3 Å². The Morgan fingerprint density at radius 3 is 2.47 bits per heavy atom. The van der Waals surface area contributed by atoms with Gasteiger partial charge in [-0.25, -0.2) is 9.38 Å². The molecule has 0 radical (unpaired) electrons. The average Bonchev–Trinajstić information content (AvgIpc) is 2.79. The molecule has 0 spiro atoms. The van der Waals surface area contributed by atoms with E-state index in [1.165, 1.54) is 6.07 Å². The van der Waals surface area contributed by atoms with Gasteiger partial charge in [-0.15, -0.1) is 0 Å². The molecule has 0 atom stereocenters. The number of carbonyl (C=O) groups excluding carboxylic acids is 1. The van der Waals surface area contributed by atoms with Crippen molar-refractivity contribution in [2.24, 2.45) is 4.99 Å². The molecule has 0 fully saturated rings. The van der Waals surface area contributed by atoms with Crippen LogP contribution in [0.2, 0.25) is 0 Å². The predicted molar refractivity (Wildman–Crippen MR) is 130 cm³/mol. The molecule has 0 aromatic heterocycles. The molecule has 0 aliphatic rings. The number of carbonyl (C=O) groups is 1. The van der Waals surface area contributed by atoms with Crippen LogP contribution in [0.4, 0.5) is 10.1 Å². The van der Waals surface area contributed by atoms with E-state index in [1.54, 1.807) is 30.4 Å². The molecule has 0 aliphatic carbocycles. The van der Waals surface area contributed by atoms with Crippen LogP contribution < -0.4 is 0 Å². The average molecular weight is 432 g/mol. The zero-order valence-corrected chi connectivity index (χ0v) is 19.4. The van der Waals surface area contributed by atoms with Gasteiger partial charge in [-0.05, 0) is 67.3 Å². The van der Waals surface area contributed by atoms with Crippen molar-refractivity contribution in [3.05, 3.63) is 88.7 Å². The molecule has 3 aromatic rings. The topological polar surface area (TPSA) is 35.9 Å². The van der Waals surface area contributed by atoms with Gasteiger partial charge in [-0.2, -0.15) is 0 Å². The SMILES string of the molecule is CCN(C)C=Nc1cc(C)c(C(=O)N(C)Cc2cccc(-c3ccccc3F)c2)cc1C. The predicted octanol–water partition coefficient (Wildman–Crippen LogP) is 5.99. The van der Waals surface area contributed by atoms with Crippen molar-refractivity contribution < 1.29 is 9.18 Å². The quantitative estimate of drug-likeness (QED) is 0.340. The second kappa shape index (κ2) is 10.2. The highest BCUT2D eigenvalue weighted by Crippen LogP contribution is 2.26. The molecular formula is C27H30FN3O. The van der Waals surface area contributed by atoms with Crippen molar-refractivity contribution in [1.82, 2.24) is 9.80 Å². The van der Waals surface area contributed by atoms with Gasteiger partial charge >= 0.3 is 0 Å². The summed E-state index contributed by atoms with van der Waals surface area (Å²) in [5.74, 6) is -0.309. The number of hydrogen-bond acceptors (Lipinski definition) is 2. The summed E-state index contributed by atoms with van der Waals surface area (Å²) in [6.45, 7) is 7.27. The Morgan fingerprint density at radius 1 is 1.00 bits per heavy atom. The zero-order valence-electron chi connectivity index (χ0n) is 19.4. The molecule has 1 amide bonds. The minimum atomic E-state index is -0.256. The largest absolute Gasteiger partial charge is 0.366 e. The van der Waals surface area contributed by atoms with E-state index in [1.807, 2.05) is 68.3 Å². The fourth-order valence-corrected chi connectivity index (χ4v) is 3.50. The minimum absolute atomic E-state index is 0.0527. The van der Waals surface area contributed by atoms with E-state index in [0.717, 1.165) is 34.5 Å². The summed E-state index contributed by atoms with van der Waals surface area (Å²) < 4.78 is 14.2. The van der Waals surface area contributed by atoms with Gasteiger partial charge in [0.2, 0.25) is 0 Å². The number of aryl methyl sites for hydroxylation is 2. The summed E-state index contributed by atoms with van der Waals surface area (Å²) in [6.07, 6.45) is 1.80. The van der Waals surface area contributed by atoms with Crippen LogP contribution in [0.3, 0.4) is 0 Å². The van der Waals surface area contributed by atoms with E-state index in [4.69, 9.17) is 0 Å². The molecule has 0 aliphatic heterocycles. The van der Waals surface area contributed by atoms with Crippen molar-refractivity contribution in [2.75, 3.05) is 20.6 Å². The maximum atomic E-state index is 14.2. The summed E-state index contributed by atoms with van der Waals surface area (Å²) in [6, 6.07) is 18.2. The van der Waals surface area contributed by atoms with Crippen molar-refractivity contribution in [3.8, 4) is 11.1 Å². The first-order valence-corrected chi connectivity index (χ1v) is 10.7. The molecule has 0 unspecified atom stereocenters. The van der Waals surface area contributed by atoms with Crippen LogP contribution in [0.25, 0.3) is 11.1 Å². The van der Waals surface area contributed by atoms with Gasteiger partial charge in [0.05, 0.1) is 12.0 Å². The van der Waals surface area contributed by atoms with Crippen LogP contribution in [-0.2, 0) is 6.54 Å². The van der Waals surface area contributed by atoms with Crippen LogP contribution in [0.5, 0.6) is 0 Å². The van der Waals surface area contributed by atoms with Gasteiger partial charge in [0.15, 0.2) is 0 Å². The molecule has 0 bridgehead atoms. The highest BCUT2D eigenvalue weighted by atomic mass is 19.1. The van der Waals surface area contributed by atoms with Crippen LogP contribution in [-0.4, -0.2) is 42.7 Å². The molecule has 5 heteroatoms. The second-order valence-corrected chi connectivity index (χ2v) is 8.11. The first kappa shape index (κ1) is 23.2.